The Labute approximate surface area is 134 Å². The van der Waals surface area contributed by atoms with Gasteiger partial charge in [0.25, 0.3) is 0 Å². The fraction of sp³-hybridized carbons (Fsp3) is 0.500. The minimum absolute atomic E-state index is 0.132. The molecule has 2 N–H and O–H groups in total. The number of sulfonamides is 1. The van der Waals surface area contributed by atoms with E-state index >= 15 is 0 Å². The lowest BCUT2D eigenvalue weighted by Gasteiger charge is -2.18. The SMILES string of the molecule is CO[C@H]1CNC[C@@H]1NS(=O)(=O)c1ccc2c(c1)n(C)c(=O)n2C. The molecule has 9 heteroatoms. The molecule has 1 aromatic heterocycles. The molecule has 3 rings (SSSR count). The van der Waals surface area contributed by atoms with Crippen molar-refractivity contribution in [2.24, 2.45) is 14.1 Å². The van der Waals surface area contributed by atoms with Crippen molar-refractivity contribution in [2.75, 3.05) is 20.2 Å². The lowest BCUT2D eigenvalue weighted by molar-refractivity contribution is 0.103. The van der Waals surface area contributed by atoms with E-state index < -0.39 is 10.0 Å². The highest BCUT2D eigenvalue weighted by atomic mass is 32.2. The van der Waals surface area contributed by atoms with Crippen molar-refractivity contribution >= 4 is 21.1 Å². The average Bonchev–Trinajstić information content (AvgIpc) is 3.05. The number of hydrogen-bond donors (Lipinski definition) is 2. The number of hydrogen-bond acceptors (Lipinski definition) is 5. The summed E-state index contributed by atoms with van der Waals surface area (Å²) < 4.78 is 36.1. The standard InChI is InChI=1S/C14H20N4O4S/c1-17-11-5-4-9(6-12(11)18(2)14(17)19)23(20,21)16-10-7-15-8-13(10)22-3/h4-6,10,13,15-16H,7-8H2,1-3H3/t10-,13-/m0/s1. The maximum Gasteiger partial charge on any atom is 0.328 e. The van der Waals surface area contributed by atoms with E-state index in [0.717, 1.165) is 0 Å². The summed E-state index contributed by atoms with van der Waals surface area (Å²) >= 11 is 0. The van der Waals surface area contributed by atoms with Gasteiger partial charge in [-0.3, -0.25) is 9.13 Å². The summed E-state index contributed by atoms with van der Waals surface area (Å²) in [5.41, 5.74) is 1.07. The number of aromatic nitrogens is 2. The molecular formula is C14H20N4O4S. The van der Waals surface area contributed by atoms with Gasteiger partial charge in [-0.15, -0.1) is 0 Å². The van der Waals surface area contributed by atoms with Gasteiger partial charge in [0.2, 0.25) is 10.0 Å². The number of rotatable bonds is 4. The second-order valence-corrected chi connectivity index (χ2v) is 7.43. The van der Waals surface area contributed by atoms with Crippen LogP contribution in [0.25, 0.3) is 11.0 Å². The number of methoxy groups -OCH3 is 1. The van der Waals surface area contributed by atoms with Crippen LogP contribution in [0.15, 0.2) is 27.9 Å². The minimum atomic E-state index is -3.69. The fourth-order valence-electron chi connectivity index (χ4n) is 2.94. The van der Waals surface area contributed by atoms with Crippen molar-refractivity contribution in [1.29, 1.82) is 0 Å². The first kappa shape index (κ1) is 16.2. The third-order valence-corrected chi connectivity index (χ3v) is 5.81. The highest BCUT2D eigenvalue weighted by Crippen LogP contribution is 2.18. The minimum Gasteiger partial charge on any atom is -0.378 e. The summed E-state index contributed by atoms with van der Waals surface area (Å²) in [5, 5.41) is 3.10. The molecule has 1 aliphatic rings. The Bertz CT molecular complexity index is 899. The Morgan fingerprint density at radius 2 is 1.91 bits per heavy atom. The summed E-state index contributed by atoms with van der Waals surface area (Å²) in [6, 6.07) is 4.35. The smallest absolute Gasteiger partial charge is 0.328 e. The second-order valence-electron chi connectivity index (χ2n) is 5.71. The average molecular weight is 340 g/mol. The second kappa shape index (κ2) is 5.75. The molecular weight excluding hydrogens is 320 g/mol. The van der Waals surface area contributed by atoms with Crippen LogP contribution in [-0.2, 0) is 28.9 Å². The van der Waals surface area contributed by atoms with Gasteiger partial charge < -0.3 is 10.1 Å². The van der Waals surface area contributed by atoms with E-state index in [0.29, 0.717) is 24.1 Å². The van der Waals surface area contributed by atoms with Gasteiger partial charge in [0.1, 0.15) is 0 Å². The van der Waals surface area contributed by atoms with Crippen LogP contribution < -0.4 is 15.7 Å². The van der Waals surface area contributed by atoms with E-state index in [1.54, 1.807) is 27.3 Å². The zero-order valence-corrected chi connectivity index (χ0v) is 14.1. The van der Waals surface area contributed by atoms with Gasteiger partial charge in [-0.2, -0.15) is 0 Å². The first-order valence-corrected chi connectivity index (χ1v) is 8.75. The molecule has 0 bridgehead atoms. The van der Waals surface area contributed by atoms with Gasteiger partial charge in [0.05, 0.1) is 28.1 Å². The first-order chi connectivity index (χ1) is 10.8. The molecule has 1 fully saturated rings. The number of nitrogens with one attached hydrogen (secondary N) is 2. The third-order valence-electron chi connectivity index (χ3n) is 4.32. The molecule has 0 unspecified atom stereocenters. The Morgan fingerprint density at radius 3 is 2.61 bits per heavy atom. The Balaban J connectivity index is 1.98. The molecule has 0 radical (unpaired) electrons. The summed E-state index contributed by atoms with van der Waals surface area (Å²) in [7, 11) is 1.15. The van der Waals surface area contributed by atoms with E-state index in [1.165, 1.54) is 21.3 Å². The number of aryl methyl sites for hydroxylation is 2. The molecule has 0 spiro atoms. The molecule has 1 aliphatic heterocycles. The van der Waals surface area contributed by atoms with Crippen molar-refractivity contribution in [3.63, 3.8) is 0 Å². The number of benzene rings is 1. The maximum atomic E-state index is 12.6. The van der Waals surface area contributed by atoms with Crippen LogP contribution >= 0.6 is 0 Å². The van der Waals surface area contributed by atoms with Crippen molar-refractivity contribution in [3.05, 3.63) is 28.7 Å². The van der Waals surface area contributed by atoms with E-state index in [2.05, 4.69) is 10.0 Å². The zero-order valence-electron chi connectivity index (χ0n) is 13.2. The van der Waals surface area contributed by atoms with Gasteiger partial charge in [-0.25, -0.2) is 17.9 Å². The Morgan fingerprint density at radius 1 is 1.22 bits per heavy atom. The van der Waals surface area contributed by atoms with Crippen molar-refractivity contribution in [2.45, 2.75) is 17.0 Å². The molecule has 0 saturated carbocycles. The number of fused-ring (bicyclic) bond motifs is 1. The highest BCUT2D eigenvalue weighted by molar-refractivity contribution is 7.89. The predicted molar refractivity (Wildman–Crippen MR) is 85.9 cm³/mol. The summed E-state index contributed by atoms with van der Waals surface area (Å²) in [6.45, 7) is 1.12. The summed E-state index contributed by atoms with van der Waals surface area (Å²) in [4.78, 5) is 12.1. The van der Waals surface area contributed by atoms with Crippen molar-refractivity contribution in [3.8, 4) is 0 Å². The van der Waals surface area contributed by atoms with Gasteiger partial charge in [-0.1, -0.05) is 0 Å². The lowest BCUT2D eigenvalue weighted by Crippen LogP contribution is -2.43. The molecule has 0 aliphatic carbocycles. The Kier molecular flexibility index (Phi) is 4.05. The van der Waals surface area contributed by atoms with Crippen molar-refractivity contribution < 1.29 is 13.2 Å². The van der Waals surface area contributed by atoms with Crippen LogP contribution in [0.1, 0.15) is 0 Å². The van der Waals surface area contributed by atoms with Gasteiger partial charge in [0.15, 0.2) is 0 Å². The number of imidazole rings is 1. The lowest BCUT2D eigenvalue weighted by atomic mass is 10.2. The maximum absolute atomic E-state index is 12.6. The van der Waals surface area contributed by atoms with Gasteiger partial charge >= 0.3 is 5.69 Å². The molecule has 23 heavy (non-hydrogen) atoms. The number of nitrogens with zero attached hydrogens (tertiary/aromatic N) is 2. The van der Waals surface area contributed by atoms with E-state index in [4.69, 9.17) is 4.74 Å². The highest BCUT2D eigenvalue weighted by Gasteiger charge is 2.31. The number of ether oxygens (including phenoxy) is 1. The van der Waals surface area contributed by atoms with Crippen LogP contribution in [0.4, 0.5) is 0 Å². The largest absolute Gasteiger partial charge is 0.378 e. The first-order valence-electron chi connectivity index (χ1n) is 7.26. The molecule has 1 aromatic carbocycles. The Hall–Kier alpha value is -1.68. The van der Waals surface area contributed by atoms with Crippen LogP contribution in [0, 0.1) is 0 Å². The van der Waals surface area contributed by atoms with Crippen LogP contribution in [0.3, 0.4) is 0 Å². The molecule has 2 atom stereocenters. The van der Waals surface area contributed by atoms with Gasteiger partial charge in [0, 0.05) is 34.3 Å². The normalized spacial score (nSPS) is 22.0. The molecule has 8 nitrogen and oxygen atoms in total. The predicted octanol–water partition coefficient (Wildman–Crippen LogP) is -0.858. The summed E-state index contributed by atoms with van der Waals surface area (Å²) in [5.74, 6) is 0. The van der Waals surface area contributed by atoms with E-state index in [1.807, 2.05) is 0 Å². The molecule has 2 aromatic rings. The third kappa shape index (κ3) is 2.69. The summed E-state index contributed by atoms with van der Waals surface area (Å²) in [6.07, 6.45) is -0.199. The molecule has 2 heterocycles. The van der Waals surface area contributed by atoms with Crippen LogP contribution in [0.2, 0.25) is 0 Å². The van der Waals surface area contributed by atoms with Crippen molar-refractivity contribution in [1.82, 2.24) is 19.2 Å². The topological polar surface area (TPSA) is 94.4 Å². The van der Waals surface area contributed by atoms with Crippen LogP contribution in [0.5, 0.6) is 0 Å². The zero-order chi connectivity index (χ0) is 16.8. The van der Waals surface area contributed by atoms with E-state index in [9.17, 15) is 13.2 Å². The van der Waals surface area contributed by atoms with Crippen LogP contribution in [-0.4, -0.2) is 49.9 Å². The van der Waals surface area contributed by atoms with Gasteiger partial charge in [-0.05, 0) is 18.2 Å². The fourth-order valence-corrected chi connectivity index (χ4v) is 4.22. The molecule has 0 amide bonds. The molecule has 1 saturated heterocycles. The molecule has 126 valence electrons. The van der Waals surface area contributed by atoms with E-state index in [-0.39, 0.29) is 22.7 Å². The quantitative estimate of drug-likeness (QED) is 0.755. The monoisotopic (exact) mass is 340 g/mol.